The summed E-state index contributed by atoms with van der Waals surface area (Å²) in [6.45, 7) is 4.62. The van der Waals surface area contributed by atoms with Crippen LogP contribution in [0.5, 0.6) is 5.75 Å². The van der Waals surface area contributed by atoms with E-state index in [2.05, 4.69) is 0 Å². The number of benzene rings is 2. The van der Waals surface area contributed by atoms with Crippen molar-refractivity contribution in [3.05, 3.63) is 65.2 Å². The minimum Gasteiger partial charge on any atom is -0.494 e. The van der Waals surface area contributed by atoms with Crippen molar-refractivity contribution < 1.29 is 29.0 Å². The minimum atomic E-state index is -0.981. The molecule has 1 aliphatic rings. The SMILES string of the molecule is CC(C)(COCCCOc1ccc(C(=O)O)cc1)N1C(=O)c2ccccc2C1=O. The van der Waals surface area contributed by atoms with Crippen LogP contribution in [-0.4, -0.2) is 53.1 Å². The molecule has 0 bridgehead atoms. The number of hydrogen-bond donors (Lipinski definition) is 1. The van der Waals surface area contributed by atoms with Gasteiger partial charge in [-0.2, -0.15) is 0 Å². The lowest BCUT2D eigenvalue weighted by Gasteiger charge is -2.33. The third-order valence-corrected chi connectivity index (χ3v) is 4.66. The lowest BCUT2D eigenvalue weighted by molar-refractivity contribution is 0.0141. The number of rotatable bonds is 9. The second kappa shape index (κ2) is 8.45. The van der Waals surface area contributed by atoms with Crippen LogP contribution < -0.4 is 4.74 Å². The number of fused-ring (bicyclic) bond motifs is 1. The van der Waals surface area contributed by atoms with Crippen LogP contribution in [0.1, 0.15) is 51.3 Å². The number of carbonyl (C=O) groups excluding carboxylic acids is 2. The number of aromatic carboxylic acids is 1. The molecule has 0 saturated carbocycles. The van der Waals surface area contributed by atoms with Gasteiger partial charge in [-0.05, 0) is 50.2 Å². The van der Waals surface area contributed by atoms with E-state index < -0.39 is 11.5 Å². The van der Waals surface area contributed by atoms with Crippen molar-refractivity contribution in [1.82, 2.24) is 4.90 Å². The van der Waals surface area contributed by atoms with E-state index in [1.54, 1.807) is 50.2 Å². The maximum atomic E-state index is 12.6. The van der Waals surface area contributed by atoms with Crippen molar-refractivity contribution in [2.24, 2.45) is 0 Å². The van der Waals surface area contributed by atoms with Crippen LogP contribution in [0, 0.1) is 0 Å². The molecule has 0 saturated heterocycles. The lowest BCUT2D eigenvalue weighted by Crippen LogP contribution is -2.50. The van der Waals surface area contributed by atoms with E-state index in [4.69, 9.17) is 14.6 Å². The van der Waals surface area contributed by atoms with Gasteiger partial charge in [-0.1, -0.05) is 12.1 Å². The Labute approximate surface area is 168 Å². The summed E-state index contributed by atoms with van der Waals surface area (Å²) >= 11 is 0. The highest BCUT2D eigenvalue weighted by atomic mass is 16.5. The van der Waals surface area contributed by atoms with Crippen molar-refractivity contribution in [2.45, 2.75) is 25.8 Å². The van der Waals surface area contributed by atoms with Crippen molar-refractivity contribution in [3.63, 3.8) is 0 Å². The maximum absolute atomic E-state index is 12.6. The number of ether oxygens (including phenoxy) is 2. The van der Waals surface area contributed by atoms with Gasteiger partial charge >= 0.3 is 5.97 Å². The Hall–Kier alpha value is -3.19. The zero-order valence-electron chi connectivity index (χ0n) is 16.4. The van der Waals surface area contributed by atoms with Gasteiger partial charge in [0.2, 0.25) is 0 Å². The molecule has 7 heteroatoms. The molecule has 29 heavy (non-hydrogen) atoms. The van der Waals surface area contributed by atoms with Crippen LogP contribution in [0.25, 0.3) is 0 Å². The Balaban J connectivity index is 1.44. The van der Waals surface area contributed by atoms with Crippen LogP contribution in [0.15, 0.2) is 48.5 Å². The largest absolute Gasteiger partial charge is 0.494 e. The first-order chi connectivity index (χ1) is 13.8. The van der Waals surface area contributed by atoms with E-state index in [0.29, 0.717) is 36.5 Å². The van der Waals surface area contributed by atoms with Gasteiger partial charge in [0.1, 0.15) is 5.75 Å². The smallest absolute Gasteiger partial charge is 0.335 e. The van der Waals surface area contributed by atoms with Gasteiger partial charge in [0, 0.05) is 13.0 Å². The number of nitrogens with zero attached hydrogens (tertiary/aromatic N) is 1. The normalized spacial score (nSPS) is 13.5. The topological polar surface area (TPSA) is 93.1 Å². The van der Waals surface area contributed by atoms with Gasteiger partial charge in [0.05, 0.1) is 35.4 Å². The molecule has 1 aliphatic heterocycles. The van der Waals surface area contributed by atoms with Crippen molar-refractivity contribution >= 4 is 17.8 Å². The molecule has 0 spiro atoms. The van der Waals surface area contributed by atoms with Crippen LogP contribution in [0.4, 0.5) is 0 Å². The molecule has 0 radical (unpaired) electrons. The fraction of sp³-hybridized carbons (Fsp3) is 0.318. The van der Waals surface area contributed by atoms with Gasteiger partial charge in [0.15, 0.2) is 0 Å². The van der Waals surface area contributed by atoms with Crippen LogP contribution >= 0.6 is 0 Å². The highest BCUT2D eigenvalue weighted by Gasteiger charge is 2.43. The summed E-state index contributed by atoms with van der Waals surface area (Å²) in [7, 11) is 0. The molecule has 1 heterocycles. The quantitative estimate of drug-likeness (QED) is 0.516. The fourth-order valence-electron chi connectivity index (χ4n) is 3.17. The first-order valence-corrected chi connectivity index (χ1v) is 9.33. The number of hydrogen-bond acceptors (Lipinski definition) is 5. The van der Waals surface area contributed by atoms with Crippen LogP contribution in [0.2, 0.25) is 0 Å². The number of carboxylic acid groups (broad SMARTS) is 1. The summed E-state index contributed by atoms with van der Waals surface area (Å²) in [5, 5.41) is 8.87. The molecule has 1 N–H and O–H groups in total. The Bertz CT molecular complexity index is 884. The van der Waals surface area contributed by atoms with Crippen molar-refractivity contribution in [3.8, 4) is 5.75 Å². The first-order valence-electron chi connectivity index (χ1n) is 9.33. The maximum Gasteiger partial charge on any atom is 0.335 e. The van der Waals surface area contributed by atoms with Gasteiger partial charge in [-0.25, -0.2) is 4.79 Å². The summed E-state index contributed by atoms with van der Waals surface area (Å²) < 4.78 is 11.2. The van der Waals surface area contributed by atoms with Gasteiger partial charge in [0.25, 0.3) is 11.8 Å². The van der Waals surface area contributed by atoms with Crippen LogP contribution in [-0.2, 0) is 4.74 Å². The molecule has 2 amide bonds. The summed E-state index contributed by atoms with van der Waals surface area (Å²) in [5.41, 5.74) is 0.276. The van der Waals surface area contributed by atoms with Gasteiger partial charge < -0.3 is 14.6 Å². The summed E-state index contributed by atoms with van der Waals surface area (Å²) in [6, 6.07) is 13.0. The van der Waals surface area contributed by atoms with Crippen molar-refractivity contribution in [1.29, 1.82) is 0 Å². The molecule has 0 aliphatic carbocycles. The van der Waals surface area contributed by atoms with Gasteiger partial charge in [-0.3, -0.25) is 14.5 Å². The molecular weight excluding hydrogens is 374 g/mol. The number of carbonyl (C=O) groups is 3. The zero-order valence-corrected chi connectivity index (χ0v) is 16.4. The molecule has 2 aromatic rings. The summed E-state index contributed by atoms with van der Waals surface area (Å²) in [4.78, 5) is 37.3. The number of imide groups is 1. The molecule has 0 atom stereocenters. The van der Waals surface area contributed by atoms with E-state index in [1.165, 1.54) is 17.0 Å². The molecule has 0 aromatic heterocycles. The van der Waals surface area contributed by atoms with E-state index in [9.17, 15) is 14.4 Å². The number of carboxylic acids is 1. The Morgan fingerprint density at radius 3 is 2.10 bits per heavy atom. The standard InChI is InChI=1S/C22H23NO6/c1-22(2,23-19(24)17-6-3-4-7-18(17)20(23)25)14-28-12-5-13-29-16-10-8-15(9-11-16)21(26)27/h3-4,6-11H,5,12-14H2,1-2H3,(H,26,27). The molecule has 0 unspecified atom stereocenters. The summed E-state index contributed by atoms with van der Waals surface area (Å²) in [6.07, 6.45) is 0.610. The lowest BCUT2D eigenvalue weighted by atomic mass is 10.0. The minimum absolute atomic E-state index is 0.205. The van der Waals surface area contributed by atoms with Crippen molar-refractivity contribution in [2.75, 3.05) is 19.8 Å². The second-order valence-corrected chi connectivity index (χ2v) is 7.39. The Kier molecular flexibility index (Phi) is 5.98. The van der Waals surface area contributed by atoms with Gasteiger partial charge in [-0.15, -0.1) is 0 Å². The third kappa shape index (κ3) is 4.46. The van der Waals surface area contributed by atoms with E-state index in [0.717, 1.165) is 0 Å². The predicted molar refractivity (Wildman–Crippen MR) is 105 cm³/mol. The van der Waals surface area contributed by atoms with E-state index in [-0.39, 0.29) is 24.0 Å². The Morgan fingerprint density at radius 1 is 0.966 bits per heavy atom. The average Bonchev–Trinajstić information content (AvgIpc) is 2.96. The predicted octanol–water partition coefficient (Wildman–Crippen LogP) is 3.25. The molecule has 7 nitrogen and oxygen atoms in total. The first kappa shape index (κ1) is 20.5. The highest BCUT2D eigenvalue weighted by Crippen LogP contribution is 2.29. The Morgan fingerprint density at radius 2 is 1.55 bits per heavy atom. The molecule has 2 aromatic carbocycles. The zero-order chi connectivity index (χ0) is 21.0. The highest BCUT2D eigenvalue weighted by molar-refractivity contribution is 6.21. The molecule has 152 valence electrons. The van der Waals surface area contributed by atoms with E-state index in [1.807, 2.05) is 0 Å². The molecule has 0 fully saturated rings. The second-order valence-electron chi connectivity index (χ2n) is 7.39. The fourth-order valence-corrected chi connectivity index (χ4v) is 3.17. The average molecular weight is 397 g/mol. The van der Waals surface area contributed by atoms with Crippen LogP contribution in [0.3, 0.4) is 0 Å². The summed E-state index contributed by atoms with van der Waals surface area (Å²) in [5.74, 6) is -0.994. The molecule has 3 rings (SSSR count). The monoisotopic (exact) mass is 397 g/mol. The third-order valence-electron chi connectivity index (χ3n) is 4.66. The molecular formula is C22H23NO6. The number of amides is 2. The van der Waals surface area contributed by atoms with E-state index >= 15 is 0 Å².